The molecule has 3 rings (SSSR count). The predicted molar refractivity (Wildman–Crippen MR) is 117 cm³/mol. The molecule has 0 aliphatic rings. The van der Waals surface area contributed by atoms with Crippen LogP contribution in [0.2, 0.25) is 0 Å². The van der Waals surface area contributed by atoms with E-state index in [9.17, 15) is 25.2 Å². The Bertz CT molecular complexity index is 1060. The summed E-state index contributed by atoms with van der Waals surface area (Å²) >= 11 is 0. The minimum atomic E-state index is -0.624. The second-order valence-electron chi connectivity index (χ2n) is 7.92. The van der Waals surface area contributed by atoms with Gasteiger partial charge < -0.3 is 25.2 Å². The van der Waals surface area contributed by atoms with Crippen LogP contribution in [0.3, 0.4) is 0 Å². The highest BCUT2D eigenvalue weighted by atomic mass is 16.5. The molecule has 0 amide bonds. The number of hydrogen-bond donors (Lipinski definition) is 4. The molecule has 3 aromatic rings. The van der Waals surface area contributed by atoms with E-state index in [-0.39, 0.29) is 46.1 Å². The number of carbonyl (C=O) groups is 1. The molecule has 2 atom stereocenters. The van der Waals surface area contributed by atoms with Crippen molar-refractivity contribution in [2.45, 2.75) is 26.7 Å². The number of phenols is 4. The Morgan fingerprint density at radius 2 is 1.29 bits per heavy atom. The molecule has 3 aromatic carbocycles. The van der Waals surface area contributed by atoms with Crippen LogP contribution >= 0.6 is 0 Å². The van der Waals surface area contributed by atoms with E-state index in [1.807, 2.05) is 0 Å². The summed E-state index contributed by atoms with van der Waals surface area (Å²) in [6.45, 7) is 4.22. The van der Waals surface area contributed by atoms with Crippen molar-refractivity contribution in [1.82, 2.24) is 0 Å². The number of esters is 1. The van der Waals surface area contributed by atoms with Crippen LogP contribution in [-0.4, -0.2) is 26.4 Å². The molecule has 6 heteroatoms. The van der Waals surface area contributed by atoms with Crippen LogP contribution in [0, 0.1) is 11.8 Å². The van der Waals surface area contributed by atoms with Gasteiger partial charge in [0.15, 0.2) is 23.0 Å². The second-order valence-corrected chi connectivity index (χ2v) is 7.92. The molecule has 0 aromatic heterocycles. The summed E-state index contributed by atoms with van der Waals surface area (Å²) < 4.78 is 5.35. The van der Waals surface area contributed by atoms with Gasteiger partial charge in [-0.2, -0.15) is 0 Å². The summed E-state index contributed by atoms with van der Waals surface area (Å²) in [6, 6.07) is 15.5. The third-order valence-electron chi connectivity index (χ3n) is 5.46. The van der Waals surface area contributed by atoms with Crippen molar-refractivity contribution in [3.8, 4) is 28.7 Å². The lowest BCUT2D eigenvalue weighted by Crippen LogP contribution is -2.14. The SMILES string of the molecule is C[C@H](Cc1ccc(O)c(OC(=O)c2ccc(O)cc2)c1)[C@@H](C)Cc1ccc(O)c(O)c1. The van der Waals surface area contributed by atoms with E-state index in [0.29, 0.717) is 6.42 Å². The van der Waals surface area contributed by atoms with Crippen molar-refractivity contribution in [3.05, 3.63) is 77.4 Å². The van der Waals surface area contributed by atoms with Crippen LogP contribution in [0.5, 0.6) is 28.7 Å². The van der Waals surface area contributed by atoms with Gasteiger partial charge >= 0.3 is 5.97 Å². The Kier molecular flexibility index (Phi) is 6.70. The van der Waals surface area contributed by atoms with Crippen LogP contribution in [0.1, 0.15) is 35.3 Å². The molecule has 0 aliphatic carbocycles. The first-order valence-corrected chi connectivity index (χ1v) is 10.1. The van der Waals surface area contributed by atoms with Gasteiger partial charge in [-0.3, -0.25) is 0 Å². The van der Waals surface area contributed by atoms with Crippen molar-refractivity contribution in [1.29, 1.82) is 0 Å². The van der Waals surface area contributed by atoms with Crippen molar-refractivity contribution >= 4 is 5.97 Å². The Hall–Kier alpha value is -3.67. The fourth-order valence-corrected chi connectivity index (χ4v) is 3.37. The number of carbonyl (C=O) groups excluding carboxylic acids is 1. The normalized spacial score (nSPS) is 12.8. The number of phenolic OH excluding ortho intramolecular Hbond substituents is 4. The predicted octanol–water partition coefficient (Wildman–Crippen LogP) is 4.79. The number of rotatable bonds is 7. The molecule has 0 heterocycles. The summed E-state index contributed by atoms with van der Waals surface area (Å²) in [5, 5.41) is 38.6. The maximum atomic E-state index is 12.3. The van der Waals surface area contributed by atoms with E-state index in [1.54, 1.807) is 24.3 Å². The number of aromatic hydroxyl groups is 4. The zero-order valence-corrected chi connectivity index (χ0v) is 17.4. The van der Waals surface area contributed by atoms with Gasteiger partial charge in [0.1, 0.15) is 5.75 Å². The molecule has 0 bridgehead atoms. The lowest BCUT2D eigenvalue weighted by Gasteiger charge is -2.21. The van der Waals surface area contributed by atoms with Crippen LogP contribution in [0.15, 0.2) is 60.7 Å². The molecule has 0 radical (unpaired) electrons. The van der Waals surface area contributed by atoms with Crippen LogP contribution < -0.4 is 4.74 Å². The molecular formula is C25H26O6. The topological polar surface area (TPSA) is 107 Å². The van der Waals surface area contributed by atoms with Gasteiger partial charge in [0.25, 0.3) is 0 Å². The first kappa shape index (κ1) is 22.0. The van der Waals surface area contributed by atoms with Crippen molar-refractivity contribution in [2.75, 3.05) is 0 Å². The van der Waals surface area contributed by atoms with Gasteiger partial charge in [-0.1, -0.05) is 26.0 Å². The maximum Gasteiger partial charge on any atom is 0.343 e. The minimum Gasteiger partial charge on any atom is -0.508 e. The monoisotopic (exact) mass is 422 g/mol. The van der Waals surface area contributed by atoms with Gasteiger partial charge in [-0.25, -0.2) is 4.79 Å². The van der Waals surface area contributed by atoms with Crippen molar-refractivity contribution < 1.29 is 30.0 Å². The van der Waals surface area contributed by atoms with Gasteiger partial charge in [0, 0.05) is 0 Å². The highest BCUT2D eigenvalue weighted by Gasteiger charge is 2.17. The smallest absolute Gasteiger partial charge is 0.343 e. The van der Waals surface area contributed by atoms with Crippen LogP contribution in [-0.2, 0) is 12.8 Å². The molecule has 4 N–H and O–H groups in total. The molecule has 0 saturated carbocycles. The largest absolute Gasteiger partial charge is 0.508 e. The van der Waals surface area contributed by atoms with E-state index in [0.717, 1.165) is 17.5 Å². The molecule has 162 valence electrons. The summed E-state index contributed by atoms with van der Waals surface area (Å²) in [7, 11) is 0. The van der Waals surface area contributed by atoms with Gasteiger partial charge in [-0.05, 0) is 84.3 Å². The van der Waals surface area contributed by atoms with Crippen LogP contribution in [0.25, 0.3) is 0 Å². The minimum absolute atomic E-state index is 0.0482. The number of hydrogen-bond acceptors (Lipinski definition) is 6. The summed E-state index contributed by atoms with van der Waals surface area (Å²) in [4.78, 5) is 12.3. The van der Waals surface area contributed by atoms with Gasteiger partial charge in [-0.15, -0.1) is 0 Å². The second kappa shape index (κ2) is 9.43. The quantitative estimate of drug-likeness (QED) is 0.248. The summed E-state index contributed by atoms with van der Waals surface area (Å²) in [5.41, 5.74) is 2.12. The molecule has 6 nitrogen and oxygen atoms in total. The average Bonchev–Trinajstić information content (AvgIpc) is 2.73. The lowest BCUT2D eigenvalue weighted by molar-refractivity contribution is 0.0729. The lowest BCUT2D eigenvalue weighted by atomic mass is 9.85. The maximum absolute atomic E-state index is 12.3. The highest BCUT2D eigenvalue weighted by molar-refractivity contribution is 5.91. The van der Waals surface area contributed by atoms with E-state index in [4.69, 9.17) is 4.74 Å². The van der Waals surface area contributed by atoms with Crippen molar-refractivity contribution in [3.63, 3.8) is 0 Å². The standard InChI is InChI=1S/C25H26O6/c1-15(11-17-3-9-21(27)23(29)13-17)16(2)12-18-4-10-22(28)24(14-18)31-25(30)19-5-7-20(26)8-6-19/h3-10,13-16,26-29H,11-12H2,1-2H3/t15-,16+/m0/s1. The third kappa shape index (κ3) is 5.69. The molecule has 0 aliphatic heterocycles. The highest BCUT2D eigenvalue weighted by Crippen LogP contribution is 2.31. The molecule has 0 spiro atoms. The first-order chi connectivity index (χ1) is 14.7. The van der Waals surface area contributed by atoms with Gasteiger partial charge in [0.05, 0.1) is 5.56 Å². The molecule has 0 saturated heterocycles. The number of ether oxygens (including phenoxy) is 1. The Labute approximate surface area is 181 Å². The Balaban J connectivity index is 1.66. The average molecular weight is 422 g/mol. The summed E-state index contributed by atoms with van der Waals surface area (Å²) in [5.74, 6) is -0.344. The molecule has 0 unspecified atom stereocenters. The van der Waals surface area contributed by atoms with E-state index in [1.165, 1.54) is 36.4 Å². The van der Waals surface area contributed by atoms with Crippen LogP contribution in [0.4, 0.5) is 0 Å². The van der Waals surface area contributed by atoms with E-state index < -0.39 is 5.97 Å². The fourth-order valence-electron chi connectivity index (χ4n) is 3.37. The fraction of sp³-hybridized carbons (Fsp3) is 0.240. The first-order valence-electron chi connectivity index (χ1n) is 10.1. The Morgan fingerprint density at radius 3 is 1.87 bits per heavy atom. The zero-order valence-electron chi connectivity index (χ0n) is 17.4. The molecular weight excluding hydrogens is 396 g/mol. The van der Waals surface area contributed by atoms with Crippen molar-refractivity contribution in [2.24, 2.45) is 11.8 Å². The Morgan fingerprint density at radius 1 is 0.742 bits per heavy atom. The molecule has 31 heavy (non-hydrogen) atoms. The van der Waals surface area contributed by atoms with Gasteiger partial charge in [0.2, 0.25) is 0 Å². The number of benzene rings is 3. The molecule has 0 fully saturated rings. The third-order valence-corrected chi connectivity index (χ3v) is 5.46. The summed E-state index contributed by atoms with van der Waals surface area (Å²) in [6.07, 6.45) is 1.44. The van der Waals surface area contributed by atoms with E-state index >= 15 is 0 Å². The zero-order chi connectivity index (χ0) is 22.5. The van der Waals surface area contributed by atoms with E-state index in [2.05, 4.69) is 13.8 Å².